The van der Waals surface area contributed by atoms with Gasteiger partial charge >= 0.3 is 0 Å². The first-order valence-corrected chi connectivity index (χ1v) is 6.60. The average molecular weight is 263 g/mol. The Kier molecular flexibility index (Phi) is 3.10. The van der Waals surface area contributed by atoms with E-state index in [0.717, 1.165) is 41.4 Å². The maximum absolute atomic E-state index is 9.39. The topological polar surface area (TPSA) is 38.1 Å². The molecule has 18 heavy (non-hydrogen) atoms. The molecule has 1 aliphatic rings. The molecule has 1 unspecified atom stereocenters. The smallest absolute Gasteiger partial charge is 0.109 e. The van der Waals surface area contributed by atoms with Gasteiger partial charge in [-0.05, 0) is 25.0 Å². The average Bonchev–Trinajstić information content (AvgIpc) is 2.82. The number of aliphatic hydroxyl groups excluding tert-OH is 1. The lowest BCUT2D eigenvalue weighted by molar-refractivity contribution is 0.206. The van der Waals surface area contributed by atoms with E-state index in [1.54, 1.807) is 0 Å². The number of hydrogen-bond acceptors (Lipinski definition) is 2. The van der Waals surface area contributed by atoms with E-state index in [1.807, 2.05) is 30.5 Å². The van der Waals surface area contributed by atoms with Crippen LogP contribution in [0.5, 0.6) is 0 Å². The fourth-order valence-electron chi connectivity index (χ4n) is 2.53. The van der Waals surface area contributed by atoms with E-state index in [4.69, 9.17) is 11.6 Å². The molecular formula is C14H15ClN2O. The third-order valence-corrected chi connectivity index (χ3v) is 3.71. The maximum Gasteiger partial charge on any atom is 0.109 e. The lowest BCUT2D eigenvalue weighted by atomic mass is 10.1. The Morgan fingerprint density at radius 3 is 3.11 bits per heavy atom. The standard InChI is InChI=1S/C14H15ClN2O/c15-11-4-1-3-10(7-11)13-8-17-12(9-18)5-2-6-14(17)16-13/h1,3-4,7-8,12,18H,2,5-6,9H2. The molecule has 1 N–H and O–H groups in total. The van der Waals surface area contributed by atoms with Crippen molar-refractivity contribution < 1.29 is 5.11 Å². The van der Waals surface area contributed by atoms with Crippen molar-refractivity contribution >= 4 is 11.6 Å². The molecule has 1 atom stereocenters. The summed E-state index contributed by atoms with van der Waals surface area (Å²) in [5, 5.41) is 10.1. The summed E-state index contributed by atoms with van der Waals surface area (Å²) >= 11 is 6.00. The molecule has 3 nitrogen and oxygen atoms in total. The lowest BCUT2D eigenvalue weighted by Gasteiger charge is -2.22. The second kappa shape index (κ2) is 4.75. The van der Waals surface area contributed by atoms with Gasteiger partial charge in [-0.2, -0.15) is 0 Å². The monoisotopic (exact) mass is 262 g/mol. The van der Waals surface area contributed by atoms with Crippen LogP contribution in [0.15, 0.2) is 30.5 Å². The highest BCUT2D eigenvalue weighted by Crippen LogP contribution is 2.29. The van der Waals surface area contributed by atoms with Crippen molar-refractivity contribution in [3.8, 4) is 11.3 Å². The highest BCUT2D eigenvalue weighted by molar-refractivity contribution is 6.30. The molecule has 0 spiro atoms. The largest absolute Gasteiger partial charge is 0.394 e. The van der Waals surface area contributed by atoms with Gasteiger partial charge in [0.1, 0.15) is 5.82 Å². The van der Waals surface area contributed by atoms with Crippen molar-refractivity contribution in [2.45, 2.75) is 25.3 Å². The second-order valence-electron chi connectivity index (χ2n) is 4.69. The molecule has 0 amide bonds. The molecule has 1 aromatic heterocycles. The quantitative estimate of drug-likeness (QED) is 0.903. The summed E-state index contributed by atoms with van der Waals surface area (Å²) in [5.41, 5.74) is 1.97. The van der Waals surface area contributed by atoms with E-state index >= 15 is 0 Å². The van der Waals surface area contributed by atoms with Gasteiger partial charge in [0.05, 0.1) is 18.3 Å². The van der Waals surface area contributed by atoms with Gasteiger partial charge in [-0.25, -0.2) is 4.98 Å². The lowest BCUT2D eigenvalue weighted by Crippen LogP contribution is -2.20. The maximum atomic E-state index is 9.39. The number of rotatable bonds is 2. The number of aliphatic hydroxyl groups is 1. The van der Waals surface area contributed by atoms with Gasteiger partial charge in [0, 0.05) is 23.2 Å². The minimum Gasteiger partial charge on any atom is -0.394 e. The Labute approximate surface area is 111 Å². The van der Waals surface area contributed by atoms with E-state index in [-0.39, 0.29) is 12.6 Å². The van der Waals surface area contributed by atoms with Crippen LogP contribution in [0.25, 0.3) is 11.3 Å². The molecule has 0 radical (unpaired) electrons. The summed E-state index contributed by atoms with van der Waals surface area (Å²) < 4.78 is 2.11. The van der Waals surface area contributed by atoms with E-state index in [0.29, 0.717) is 0 Å². The first kappa shape index (κ1) is 11.8. The van der Waals surface area contributed by atoms with E-state index in [2.05, 4.69) is 9.55 Å². The Hall–Kier alpha value is -1.32. The normalized spacial score (nSPS) is 18.7. The molecule has 0 aliphatic carbocycles. The zero-order valence-corrected chi connectivity index (χ0v) is 10.8. The summed E-state index contributed by atoms with van der Waals surface area (Å²) in [6.45, 7) is 0.179. The van der Waals surface area contributed by atoms with Gasteiger partial charge in [0.15, 0.2) is 0 Å². The number of halogens is 1. The van der Waals surface area contributed by atoms with Gasteiger partial charge in [0.25, 0.3) is 0 Å². The highest BCUT2D eigenvalue weighted by atomic mass is 35.5. The van der Waals surface area contributed by atoms with Crippen LogP contribution in [0.1, 0.15) is 24.7 Å². The summed E-state index contributed by atoms with van der Waals surface area (Å²) in [5.74, 6) is 1.07. The van der Waals surface area contributed by atoms with Crippen LogP contribution in [0.2, 0.25) is 5.02 Å². The second-order valence-corrected chi connectivity index (χ2v) is 5.13. The van der Waals surface area contributed by atoms with Gasteiger partial charge in [0.2, 0.25) is 0 Å². The number of benzene rings is 1. The fourth-order valence-corrected chi connectivity index (χ4v) is 2.72. The molecule has 1 aliphatic heterocycles. The third kappa shape index (κ3) is 2.04. The third-order valence-electron chi connectivity index (χ3n) is 3.47. The van der Waals surface area contributed by atoms with Gasteiger partial charge in [-0.1, -0.05) is 23.7 Å². The van der Waals surface area contributed by atoms with Crippen molar-refractivity contribution in [1.82, 2.24) is 9.55 Å². The molecule has 0 saturated heterocycles. The fraction of sp³-hybridized carbons (Fsp3) is 0.357. The Balaban J connectivity index is 2.02. The molecule has 3 rings (SSSR count). The Morgan fingerprint density at radius 2 is 2.33 bits per heavy atom. The van der Waals surface area contributed by atoms with Crippen LogP contribution in [0.3, 0.4) is 0 Å². The SMILES string of the molecule is OCC1CCCc2nc(-c3cccc(Cl)c3)cn21. The molecule has 4 heteroatoms. The van der Waals surface area contributed by atoms with E-state index in [9.17, 15) is 5.11 Å². The summed E-state index contributed by atoms with van der Waals surface area (Å²) in [7, 11) is 0. The molecule has 94 valence electrons. The zero-order chi connectivity index (χ0) is 12.5. The Bertz CT molecular complexity index is 565. The van der Waals surface area contributed by atoms with E-state index < -0.39 is 0 Å². The molecule has 2 aromatic rings. The molecular weight excluding hydrogens is 248 g/mol. The van der Waals surface area contributed by atoms with Crippen LogP contribution in [-0.4, -0.2) is 21.3 Å². The molecule has 0 saturated carbocycles. The first-order valence-electron chi connectivity index (χ1n) is 6.22. The van der Waals surface area contributed by atoms with E-state index in [1.165, 1.54) is 0 Å². The zero-order valence-electron chi connectivity index (χ0n) is 10.0. The van der Waals surface area contributed by atoms with Crippen molar-refractivity contribution in [2.75, 3.05) is 6.61 Å². The van der Waals surface area contributed by atoms with Gasteiger partial charge < -0.3 is 9.67 Å². The minimum absolute atomic E-state index is 0.175. The minimum atomic E-state index is 0.175. The number of aryl methyl sites for hydroxylation is 1. The summed E-state index contributed by atoms with van der Waals surface area (Å²) in [6.07, 6.45) is 5.13. The summed E-state index contributed by atoms with van der Waals surface area (Å²) in [4.78, 5) is 4.65. The first-order chi connectivity index (χ1) is 8.78. The van der Waals surface area contributed by atoms with Crippen molar-refractivity contribution in [2.24, 2.45) is 0 Å². The molecule has 0 fully saturated rings. The predicted molar refractivity (Wildman–Crippen MR) is 71.7 cm³/mol. The van der Waals surface area contributed by atoms with Crippen LogP contribution >= 0.6 is 11.6 Å². The van der Waals surface area contributed by atoms with Crippen molar-refractivity contribution in [3.63, 3.8) is 0 Å². The van der Waals surface area contributed by atoms with Gasteiger partial charge in [-0.3, -0.25) is 0 Å². The number of fused-ring (bicyclic) bond motifs is 1. The number of aromatic nitrogens is 2. The van der Waals surface area contributed by atoms with Crippen LogP contribution < -0.4 is 0 Å². The summed E-state index contributed by atoms with van der Waals surface area (Å²) in [6, 6.07) is 7.89. The number of imidazole rings is 1. The Morgan fingerprint density at radius 1 is 1.44 bits per heavy atom. The van der Waals surface area contributed by atoms with Gasteiger partial charge in [-0.15, -0.1) is 0 Å². The van der Waals surface area contributed by atoms with Crippen molar-refractivity contribution in [1.29, 1.82) is 0 Å². The van der Waals surface area contributed by atoms with Crippen LogP contribution in [0, 0.1) is 0 Å². The molecule has 0 bridgehead atoms. The number of hydrogen-bond donors (Lipinski definition) is 1. The van der Waals surface area contributed by atoms with Crippen LogP contribution in [-0.2, 0) is 6.42 Å². The predicted octanol–water partition coefficient (Wildman–Crippen LogP) is 3.07. The van der Waals surface area contributed by atoms with Crippen molar-refractivity contribution in [3.05, 3.63) is 41.3 Å². The van der Waals surface area contributed by atoms with Crippen LogP contribution in [0.4, 0.5) is 0 Å². The molecule has 1 aromatic carbocycles. The highest BCUT2D eigenvalue weighted by Gasteiger charge is 2.21. The molecule has 2 heterocycles. The number of nitrogens with zero attached hydrogens (tertiary/aromatic N) is 2.